The van der Waals surface area contributed by atoms with Crippen molar-refractivity contribution in [3.05, 3.63) is 24.6 Å². The van der Waals surface area contributed by atoms with Crippen LogP contribution >= 0.6 is 0 Å². The zero-order valence-electron chi connectivity index (χ0n) is 10.1. The van der Waals surface area contributed by atoms with Crippen LogP contribution in [0.4, 0.5) is 0 Å². The Balaban J connectivity index is 0.000000210. The average Bonchev–Trinajstić information content (AvgIpc) is 2.35. The van der Waals surface area contributed by atoms with Gasteiger partial charge in [-0.15, -0.1) is 0 Å². The van der Waals surface area contributed by atoms with E-state index in [-0.39, 0.29) is 0 Å². The first kappa shape index (κ1) is 14.0. The number of allylic oxidation sites excluding steroid dienone is 2. The lowest BCUT2D eigenvalue weighted by atomic mass is 10.2. The lowest BCUT2D eigenvalue weighted by Gasteiger charge is -2.08. The molecular weight excluding hydrogens is 186 g/mol. The number of rotatable bonds is 0. The van der Waals surface area contributed by atoms with Crippen molar-refractivity contribution in [2.24, 2.45) is 0 Å². The molecule has 0 amide bonds. The molecule has 0 aromatic rings. The number of nitrogens with one attached hydrogen (secondary N) is 3. The second-order valence-corrected chi connectivity index (χ2v) is 3.52. The highest BCUT2D eigenvalue weighted by molar-refractivity contribution is 5.03. The van der Waals surface area contributed by atoms with Gasteiger partial charge >= 0.3 is 0 Å². The van der Waals surface area contributed by atoms with E-state index in [0.717, 1.165) is 0 Å². The van der Waals surface area contributed by atoms with Crippen LogP contribution in [0.2, 0.25) is 0 Å². The number of hydrogen-bond donors (Lipinski definition) is 3. The van der Waals surface area contributed by atoms with Crippen LogP contribution in [0.25, 0.3) is 0 Å². The summed E-state index contributed by atoms with van der Waals surface area (Å²) in [6, 6.07) is 0. The molecule has 0 saturated carbocycles. The molecule has 3 nitrogen and oxygen atoms in total. The van der Waals surface area contributed by atoms with Gasteiger partial charge in [-0.25, -0.2) is 0 Å². The Labute approximate surface area is 94.0 Å². The van der Waals surface area contributed by atoms with Crippen molar-refractivity contribution in [3.63, 3.8) is 0 Å². The summed E-state index contributed by atoms with van der Waals surface area (Å²) in [6.07, 6.45) is 12.9. The summed E-state index contributed by atoms with van der Waals surface area (Å²) < 4.78 is 0. The molecule has 2 aliphatic rings. The van der Waals surface area contributed by atoms with Gasteiger partial charge in [-0.3, -0.25) is 0 Å². The molecule has 3 heteroatoms. The molecule has 2 aliphatic heterocycles. The second-order valence-electron chi connectivity index (χ2n) is 3.52. The van der Waals surface area contributed by atoms with Crippen molar-refractivity contribution < 1.29 is 0 Å². The predicted molar refractivity (Wildman–Crippen MR) is 67.2 cm³/mol. The summed E-state index contributed by atoms with van der Waals surface area (Å²) in [7, 11) is 0. The average molecular weight is 211 g/mol. The molecule has 15 heavy (non-hydrogen) atoms. The van der Waals surface area contributed by atoms with E-state index in [2.05, 4.69) is 30.0 Å². The second kappa shape index (κ2) is 13.0. The minimum atomic E-state index is 1.25. The quantitative estimate of drug-likeness (QED) is 0.575. The molecular formula is C12H25N3. The summed E-state index contributed by atoms with van der Waals surface area (Å²) in [4.78, 5) is 0. The minimum Gasteiger partial charge on any atom is -0.317 e. The van der Waals surface area contributed by atoms with E-state index in [1.165, 1.54) is 38.8 Å². The Morgan fingerprint density at radius 2 is 1.33 bits per heavy atom. The van der Waals surface area contributed by atoms with E-state index in [1.807, 2.05) is 24.6 Å². The van der Waals surface area contributed by atoms with Crippen molar-refractivity contribution >= 4 is 0 Å². The normalized spacial score (nSPS) is 17.2. The SMILES string of the molecule is C1=CNNC=C1.C1CCNCC1.CCC. The Hall–Kier alpha value is -0.960. The van der Waals surface area contributed by atoms with E-state index >= 15 is 0 Å². The molecule has 0 aliphatic carbocycles. The van der Waals surface area contributed by atoms with Gasteiger partial charge in [0.2, 0.25) is 0 Å². The lowest BCUT2D eigenvalue weighted by molar-refractivity contribution is 0.520. The predicted octanol–water partition coefficient (Wildman–Crippen LogP) is 2.30. The van der Waals surface area contributed by atoms with Crippen LogP contribution in [0.3, 0.4) is 0 Å². The van der Waals surface area contributed by atoms with Gasteiger partial charge in [-0.2, -0.15) is 0 Å². The van der Waals surface area contributed by atoms with Crippen LogP contribution in [0.5, 0.6) is 0 Å². The van der Waals surface area contributed by atoms with Crippen LogP contribution < -0.4 is 16.2 Å². The fraction of sp³-hybridized carbons (Fsp3) is 0.667. The Kier molecular flexibility index (Phi) is 12.2. The van der Waals surface area contributed by atoms with Crippen LogP contribution in [-0.2, 0) is 0 Å². The topological polar surface area (TPSA) is 36.1 Å². The molecule has 0 unspecified atom stereocenters. The third kappa shape index (κ3) is 13.0. The highest BCUT2D eigenvalue weighted by atomic mass is 15.3. The Morgan fingerprint density at radius 3 is 1.47 bits per heavy atom. The van der Waals surface area contributed by atoms with Crippen molar-refractivity contribution in [1.29, 1.82) is 0 Å². The van der Waals surface area contributed by atoms with Crippen LogP contribution in [-0.4, -0.2) is 13.1 Å². The summed E-state index contributed by atoms with van der Waals surface area (Å²) in [5.74, 6) is 0. The molecule has 0 aromatic heterocycles. The minimum absolute atomic E-state index is 1.25. The maximum absolute atomic E-state index is 3.28. The zero-order valence-corrected chi connectivity index (χ0v) is 10.1. The maximum Gasteiger partial charge on any atom is 0.0178 e. The summed E-state index contributed by atoms with van der Waals surface area (Å²) in [5.41, 5.74) is 5.53. The first-order valence-corrected chi connectivity index (χ1v) is 5.95. The van der Waals surface area contributed by atoms with E-state index in [1.54, 1.807) is 0 Å². The van der Waals surface area contributed by atoms with Gasteiger partial charge < -0.3 is 16.2 Å². The smallest absolute Gasteiger partial charge is 0.0178 e. The fourth-order valence-corrected chi connectivity index (χ4v) is 1.11. The molecule has 0 aromatic carbocycles. The molecule has 1 saturated heterocycles. The van der Waals surface area contributed by atoms with Gasteiger partial charge in [0, 0.05) is 12.4 Å². The van der Waals surface area contributed by atoms with Gasteiger partial charge in [0.05, 0.1) is 0 Å². The summed E-state index contributed by atoms with van der Waals surface area (Å²) in [6.45, 7) is 6.75. The van der Waals surface area contributed by atoms with Crippen molar-refractivity contribution in [3.8, 4) is 0 Å². The summed E-state index contributed by atoms with van der Waals surface area (Å²) in [5, 5.41) is 3.28. The first-order chi connectivity index (χ1) is 7.41. The molecule has 1 fully saturated rings. The van der Waals surface area contributed by atoms with Gasteiger partial charge in [-0.1, -0.05) is 26.7 Å². The van der Waals surface area contributed by atoms with Crippen LogP contribution in [0.1, 0.15) is 39.5 Å². The number of piperidine rings is 1. The van der Waals surface area contributed by atoms with E-state index < -0.39 is 0 Å². The largest absolute Gasteiger partial charge is 0.317 e. The van der Waals surface area contributed by atoms with Gasteiger partial charge in [0.1, 0.15) is 0 Å². The molecule has 0 radical (unpaired) electrons. The van der Waals surface area contributed by atoms with E-state index in [9.17, 15) is 0 Å². The highest BCUT2D eigenvalue weighted by Gasteiger charge is 1.93. The maximum atomic E-state index is 3.28. The molecule has 0 atom stereocenters. The van der Waals surface area contributed by atoms with Gasteiger partial charge in [-0.05, 0) is 38.1 Å². The van der Waals surface area contributed by atoms with E-state index in [0.29, 0.717) is 0 Å². The standard InChI is InChI=1S/C5H11N.C4H6N2.C3H8/c2*1-2-4-6-5-3-1;1-3-2/h6H,1-5H2;1-6H;3H2,1-2H3. The first-order valence-electron chi connectivity index (χ1n) is 5.95. The van der Waals surface area contributed by atoms with E-state index in [4.69, 9.17) is 0 Å². The highest BCUT2D eigenvalue weighted by Crippen LogP contribution is 1.96. The number of hydrogen-bond acceptors (Lipinski definition) is 3. The Bertz CT molecular complexity index is 137. The molecule has 3 N–H and O–H groups in total. The lowest BCUT2D eigenvalue weighted by Crippen LogP contribution is -2.21. The molecule has 88 valence electrons. The third-order valence-electron chi connectivity index (χ3n) is 1.76. The van der Waals surface area contributed by atoms with Crippen LogP contribution in [0, 0.1) is 0 Å². The molecule has 2 rings (SSSR count). The molecule has 0 bridgehead atoms. The third-order valence-corrected chi connectivity index (χ3v) is 1.76. The fourth-order valence-electron chi connectivity index (χ4n) is 1.11. The van der Waals surface area contributed by atoms with Crippen molar-refractivity contribution in [2.45, 2.75) is 39.5 Å². The number of hydrazine groups is 1. The molecule has 2 heterocycles. The van der Waals surface area contributed by atoms with Crippen molar-refractivity contribution in [2.75, 3.05) is 13.1 Å². The van der Waals surface area contributed by atoms with Crippen molar-refractivity contribution in [1.82, 2.24) is 16.2 Å². The zero-order chi connectivity index (χ0) is 11.2. The van der Waals surface area contributed by atoms with Gasteiger partial charge in [0.25, 0.3) is 0 Å². The van der Waals surface area contributed by atoms with Crippen LogP contribution in [0.15, 0.2) is 24.6 Å². The summed E-state index contributed by atoms with van der Waals surface area (Å²) >= 11 is 0. The Morgan fingerprint density at radius 1 is 0.867 bits per heavy atom. The van der Waals surface area contributed by atoms with Gasteiger partial charge in [0.15, 0.2) is 0 Å². The monoisotopic (exact) mass is 211 g/mol. The molecule has 0 spiro atoms.